The minimum Gasteiger partial charge on any atom is -0.497 e. The summed E-state index contributed by atoms with van der Waals surface area (Å²) in [6, 6.07) is 0.523. The summed E-state index contributed by atoms with van der Waals surface area (Å²) >= 11 is 0. The highest BCUT2D eigenvalue weighted by Crippen LogP contribution is 2.22. The summed E-state index contributed by atoms with van der Waals surface area (Å²) in [5, 5.41) is 11.1. The van der Waals surface area contributed by atoms with E-state index in [-0.39, 0.29) is 5.75 Å². The number of halogens is 2. The summed E-state index contributed by atoms with van der Waals surface area (Å²) in [5.74, 6) is -2.75. The van der Waals surface area contributed by atoms with Crippen molar-refractivity contribution in [1.82, 2.24) is 10.2 Å². The molecule has 1 N–H and O–H groups in total. The molecule has 0 saturated carbocycles. The second kappa shape index (κ2) is 8.47. The number of amides is 2. The smallest absolute Gasteiger partial charge is 0.408 e. The lowest BCUT2D eigenvalue weighted by Gasteiger charge is -2.24. The number of nitrogens with one attached hydrogen (secondary N) is 1. The van der Waals surface area contributed by atoms with Gasteiger partial charge in [0.15, 0.2) is 6.19 Å². The molecule has 0 aromatic heterocycles. The van der Waals surface area contributed by atoms with E-state index < -0.39 is 47.3 Å². The molecule has 2 amide bonds. The molecule has 0 saturated heterocycles. The number of alkyl carbamates (subject to hydrolysis) is 1. The first kappa shape index (κ1) is 21.2. The Balaban J connectivity index is 3.13. The predicted octanol–water partition coefficient (Wildman–Crippen LogP) is 2.35. The first-order chi connectivity index (χ1) is 12.0. The molecule has 0 heterocycles. The quantitative estimate of drug-likeness (QED) is 0.635. The van der Waals surface area contributed by atoms with Crippen molar-refractivity contribution in [2.75, 3.05) is 14.2 Å². The van der Waals surface area contributed by atoms with E-state index in [1.807, 2.05) is 0 Å². The van der Waals surface area contributed by atoms with E-state index in [1.54, 1.807) is 27.0 Å². The van der Waals surface area contributed by atoms with Gasteiger partial charge in [0.2, 0.25) is 0 Å². The van der Waals surface area contributed by atoms with E-state index >= 15 is 0 Å². The third kappa shape index (κ3) is 5.88. The Labute approximate surface area is 150 Å². The third-order valence-electron chi connectivity index (χ3n) is 3.23. The zero-order chi connectivity index (χ0) is 20.1. The summed E-state index contributed by atoms with van der Waals surface area (Å²) in [5.41, 5.74) is -1.26. The number of hydrogen-bond donors (Lipinski definition) is 1. The molecule has 0 unspecified atom stereocenters. The number of carbonyl (C=O) groups is 2. The van der Waals surface area contributed by atoms with Gasteiger partial charge in [0.05, 0.1) is 7.11 Å². The number of methoxy groups -OCH3 is 1. The summed E-state index contributed by atoms with van der Waals surface area (Å²) in [6.07, 6.45) is 0.128. The van der Waals surface area contributed by atoms with E-state index in [4.69, 9.17) is 14.7 Å². The van der Waals surface area contributed by atoms with Gasteiger partial charge in [-0.15, -0.1) is 0 Å². The van der Waals surface area contributed by atoms with Gasteiger partial charge in [0.1, 0.15) is 29.0 Å². The lowest BCUT2D eigenvalue weighted by molar-refractivity contribution is -0.129. The SMILES string of the molecule is COc1cc(F)c(C[C@H](NC(=O)OC(C)(C)C)C(=O)N(C)C#N)c(F)c1. The van der Waals surface area contributed by atoms with Crippen LogP contribution < -0.4 is 10.1 Å². The highest BCUT2D eigenvalue weighted by atomic mass is 19.1. The van der Waals surface area contributed by atoms with E-state index in [0.717, 1.165) is 12.1 Å². The van der Waals surface area contributed by atoms with Gasteiger partial charge >= 0.3 is 6.09 Å². The van der Waals surface area contributed by atoms with Crippen molar-refractivity contribution in [2.45, 2.75) is 38.8 Å². The second-order valence-corrected chi connectivity index (χ2v) is 6.47. The van der Waals surface area contributed by atoms with Crippen molar-refractivity contribution in [3.05, 3.63) is 29.3 Å². The summed E-state index contributed by atoms with van der Waals surface area (Å²) in [4.78, 5) is 24.9. The molecule has 1 aromatic carbocycles. The molecule has 0 aliphatic heterocycles. The lowest BCUT2D eigenvalue weighted by atomic mass is 10.0. The number of carbonyl (C=O) groups excluding carboxylic acids is 2. The van der Waals surface area contributed by atoms with Crippen LogP contribution in [0.15, 0.2) is 12.1 Å². The van der Waals surface area contributed by atoms with Crippen molar-refractivity contribution in [3.63, 3.8) is 0 Å². The topological polar surface area (TPSA) is 91.7 Å². The van der Waals surface area contributed by atoms with Crippen molar-refractivity contribution >= 4 is 12.0 Å². The van der Waals surface area contributed by atoms with Crippen molar-refractivity contribution < 1.29 is 27.8 Å². The molecule has 0 spiro atoms. The maximum absolute atomic E-state index is 14.2. The van der Waals surface area contributed by atoms with Crippen molar-refractivity contribution in [2.24, 2.45) is 0 Å². The average molecular weight is 369 g/mol. The average Bonchev–Trinajstić information content (AvgIpc) is 2.53. The van der Waals surface area contributed by atoms with Crippen LogP contribution >= 0.6 is 0 Å². The number of nitrogens with zero attached hydrogens (tertiary/aromatic N) is 2. The first-order valence-electron chi connectivity index (χ1n) is 7.67. The molecule has 7 nitrogen and oxygen atoms in total. The number of rotatable bonds is 5. The standard InChI is InChI=1S/C17H21F2N3O4/c1-17(2,3)26-16(24)21-14(15(23)22(4)9-20)8-11-12(18)6-10(25-5)7-13(11)19/h6-7,14H,8H2,1-5H3,(H,21,24)/t14-/m0/s1. The van der Waals surface area contributed by atoms with E-state index in [2.05, 4.69) is 5.32 Å². The van der Waals surface area contributed by atoms with Crippen LogP contribution in [-0.2, 0) is 16.0 Å². The normalized spacial score (nSPS) is 11.9. The van der Waals surface area contributed by atoms with Gasteiger partial charge in [-0.05, 0) is 20.8 Å². The Hall–Kier alpha value is -2.89. The monoisotopic (exact) mass is 369 g/mol. The number of nitriles is 1. The van der Waals surface area contributed by atoms with Crippen LogP contribution in [0.3, 0.4) is 0 Å². The number of hydrogen-bond acceptors (Lipinski definition) is 5. The second-order valence-electron chi connectivity index (χ2n) is 6.47. The van der Waals surface area contributed by atoms with Gasteiger partial charge in [-0.2, -0.15) is 5.26 Å². The lowest BCUT2D eigenvalue weighted by Crippen LogP contribution is -2.49. The first-order valence-corrected chi connectivity index (χ1v) is 7.67. The molecule has 0 aliphatic carbocycles. The van der Waals surface area contributed by atoms with Crippen LogP contribution in [0.1, 0.15) is 26.3 Å². The minimum atomic E-state index is -1.40. The fourth-order valence-corrected chi connectivity index (χ4v) is 2.03. The zero-order valence-corrected chi connectivity index (χ0v) is 15.2. The summed E-state index contributed by atoms with van der Waals surface area (Å²) in [6.45, 7) is 4.86. The third-order valence-corrected chi connectivity index (χ3v) is 3.23. The Kier molecular flexibility index (Phi) is 6.89. The van der Waals surface area contributed by atoms with Gasteiger partial charge in [-0.25, -0.2) is 13.6 Å². The molecule has 0 bridgehead atoms. The van der Waals surface area contributed by atoms with E-state index in [1.165, 1.54) is 14.2 Å². The van der Waals surface area contributed by atoms with Crippen LogP contribution in [-0.4, -0.2) is 42.7 Å². The number of benzene rings is 1. The molecule has 1 atom stereocenters. The molecule has 0 fully saturated rings. The summed E-state index contributed by atoms with van der Waals surface area (Å²) in [7, 11) is 2.43. The van der Waals surface area contributed by atoms with Crippen LogP contribution in [0.2, 0.25) is 0 Å². The van der Waals surface area contributed by atoms with Crippen molar-refractivity contribution in [3.8, 4) is 11.9 Å². The Morgan fingerprint density at radius 1 is 1.31 bits per heavy atom. The van der Waals surface area contributed by atoms with Gasteiger partial charge in [0, 0.05) is 31.2 Å². The van der Waals surface area contributed by atoms with E-state index in [9.17, 15) is 18.4 Å². The molecule has 142 valence electrons. The molecule has 9 heteroatoms. The van der Waals surface area contributed by atoms with Crippen LogP contribution in [0.5, 0.6) is 5.75 Å². The molecule has 1 rings (SSSR count). The maximum Gasteiger partial charge on any atom is 0.408 e. The number of ether oxygens (including phenoxy) is 2. The highest BCUT2D eigenvalue weighted by molar-refractivity contribution is 5.86. The maximum atomic E-state index is 14.2. The molecule has 26 heavy (non-hydrogen) atoms. The van der Waals surface area contributed by atoms with Crippen LogP contribution in [0.25, 0.3) is 0 Å². The minimum absolute atomic E-state index is 0.0270. The van der Waals surface area contributed by atoms with Gasteiger partial charge in [-0.3, -0.25) is 9.69 Å². The molecule has 0 aliphatic rings. The molecular formula is C17H21F2N3O4. The van der Waals surface area contributed by atoms with Crippen LogP contribution in [0, 0.1) is 23.1 Å². The largest absolute Gasteiger partial charge is 0.497 e. The Morgan fingerprint density at radius 2 is 1.85 bits per heavy atom. The summed E-state index contributed by atoms with van der Waals surface area (Å²) < 4.78 is 38.1. The highest BCUT2D eigenvalue weighted by Gasteiger charge is 2.29. The number of likely N-dealkylation sites (N-methyl/N-ethyl adjacent to an activating group) is 1. The fraction of sp³-hybridized carbons (Fsp3) is 0.471. The predicted molar refractivity (Wildman–Crippen MR) is 88.2 cm³/mol. The fourth-order valence-electron chi connectivity index (χ4n) is 2.03. The van der Waals surface area contributed by atoms with Gasteiger partial charge in [-0.1, -0.05) is 0 Å². The van der Waals surface area contributed by atoms with Crippen molar-refractivity contribution in [1.29, 1.82) is 5.26 Å². The van der Waals surface area contributed by atoms with Gasteiger partial charge < -0.3 is 14.8 Å². The molecule has 0 radical (unpaired) electrons. The molecule has 1 aromatic rings. The van der Waals surface area contributed by atoms with Gasteiger partial charge in [0.25, 0.3) is 5.91 Å². The Morgan fingerprint density at radius 3 is 2.27 bits per heavy atom. The zero-order valence-electron chi connectivity index (χ0n) is 15.2. The van der Waals surface area contributed by atoms with Crippen LogP contribution in [0.4, 0.5) is 13.6 Å². The molecular weight excluding hydrogens is 348 g/mol. The Bertz CT molecular complexity index is 703. The van der Waals surface area contributed by atoms with E-state index in [0.29, 0.717) is 4.90 Å².